The van der Waals surface area contributed by atoms with E-state index in [0.717, 1.165) is 25.1 Å². The van der Waals surface area contributed by atoms with Crippen molar-refractivity contribution in [1.82, 2.24) is 5.32 Å². The van der Waals surface area contributed by atoms with Gasteiger partial charge in [-0.15, -0.1) is 13.2 Å². The molecule has 1 aromatic carbocycles. The predicted molar refractivity (Wildman–Crippen MR) is 64.7 cm³/mol. The van der Waals surface area contributed by atoms with Crippen molar-refractivity contribution in [2.24, 2.45) is 0 Å². The number of rotatable bonds is 6. The van der Waals surface area contributed by atoms with E-state index in [2.05, 4.69) is 10.1 Å². The van der Waals surface area contributed by atoms with Crippen molar-refractivity contribution in [3.8, 4) is 5.75 Å². The van der Waals surface area contributed by atoms with Crippen LogP contribution in [0.1, 0.15) is 31.7 Å². The van der Waals surface area contributed by atoms with Crippen molar-refractivity contribution in [3.05, 3.63) is 29.8 Å². The van der Waals surface area contributed by atoms with Gasteiger partial charge in [0.05, 0.1) is 0 Å². The molecule has 0 fully saturated rings. The summed E-state index contributed by atoms with van der Waals surface area (Å²) in [5, 5.41) is 3.19. The molecule has 0 amide bonds. The Balaban J connectivity index is 2.63. The second-order valence-electron chi connectivity index (χ2n) is 4.16. The molecule has 1 N–H and O–H groups in total. The Labute approximate surface area is 105 Å². The molecule has 5 heteroatoms. The number of alkyl halides is 3. The first-order chi connectivity index (χ1) is 8.42. The Morgan fingerprint density at radius 3 is 2.67 bits per heavy atom. The number of halogens is 3. The zero-order valence-corrected chi connectivity index (χ0v) is 10.6. The van der Waals surface area contributed by atoms with E-state index in [4.69, 9.17) is 0 Å². The van der Waals surface area contributed by atoms with Crippen LogP contribution in [0.15, 0.2) is 24.3 Å². The van der Waals surface area contributed by atoms with E-state index in [0.29, 0.717) is 0 Å². The van der Waals surface area contributed by atoms with Crippen LogP contribution < -0.4 is 10.1 Å². The molecule has 0 saturated carbocycles. The summed E-state index contributed by atoms with van der Waals surface area (Å²) in [6.45, 7) is 5.75. The van der Waals surface area contributed by atoms with E-state index in [-0.39, 0.29) is 11.7 Å². The third-order valence-electron chi connectivity index (χ3n) is 2.66. The van der Waals surface area contributed by atoms with Crippen molar-refractivity contribution in [2.75, 3.05) is 13.1 Å². The smallest absolute Gasteiger partial charge is 0.406 e. The highest BCUT2D eigenvalue weighted by atomic mass is 19.4. The second-order valence-corrected chi connectivity index (χ2v) is 4.16. The molecule has 1 aromatic rings. The minimum Gasteiger partial charge on any atom is -0.406 e. The first-order valence-corrected chi connectivity index (χ1v) is 5.99. The molecule has 102 valence electrons. The fourth-order valence-electron chi connectivity index (χ4n) is 1.68. The van der Waals surface area contributed by atoms with Crippen LogP contribution >= 0.6 is 0 Å². The van der Waals surface area contributed by atoms with E-state index in [1.807, 2.05) is 19.9 Å². The highest BCUT2D eigenvalue weighted by Gasteiger charge is 2.31. The van der Waals surface area contributed by atoms with E-state index in [1.54, 1.807) is 6.07 Å². The zero-order chi connectivity index (χ0) is 13.6. The molecule has 0 bridgehead atoms. The maximum atomic E-state index is 12.1. The lowest BCUT2D eigenvalue weighted by molar-refractivity contribution is -0.274. The molecular formula is C13H18F3NO. The first kappa shape index (κ1) is 14.8. The summed E-state index contributed by atoms with van der Waals surface area (Å²) in [5.41, 5.74) is 0.856. The van der Waals surface area contributed by atoms with Gasteiger partial charge in [-0.3, -0.25) is 0 Å². The summed E-state index contributed by atoms with van der Waals surface area (Å²) >= 11 is 0. The predicted octanol–water partition coefficient (Wildman–Crippen LogP) is 3.69. The third-order valence-corrected chi connectivity index (χ3v) is 2.66. The number of hydrogen-bond donors (Lipinski definition) is 1. The van der Waals surface area contributed by atoms with Crippen molar-refractivity contribution in [3.63, 3.8) is 0 Å². The minimum atomic E-state index is -4.63. The SMILES string of the molecule is CCNCCC(C)c1cccc(OC(F)(F)F)c1. The molecule has 0 spiro atoms. The normalized spacial score (nSPS) is 13.4. The van der Waals surface area contributed by atoms with Gasteiger partial charge in [0.25, 0.3) is 0 Å². The molecule has 0 heterocycles. The van der Waals surface area contributed by atoms with Crippen LogP contribution in [0.4, 0.5) is 13.2 Å². The number of benzene rings is 1. The lowest BCUT2D eigenvalue weighted by atomic mass is 9.98. The molecule has 0 aromatic heterocycles. The van der Waals surface area contributed by atoms with Crippen LogP contribution in [0.5, 0.6) is 5.75 Å². The Kier molecular flexibility index (Phi) is 5.47. The van der Waals surface area contributed by atoms with E-state index in [1.165, 1.54) is 12.1 Å². The van der Waals surface area contributed by atoms with Crippen LogP contribution in [-0.2, 0) is 0 Å². The monoisotopic (exact) mass is 261 g/mol. The fraction of sp³-hybridized carbons (Fsp3) is 0.538. The quantitative estimate of drug-likeness (QED) is 0.788. The van der Waals surface area contributed by atoms with Crippen molar-refractivity contribution in [1.29, 1.82) is 0 Å². The van der Waals surface area contributed by atoms with Crippen LogP contribution in [0.2, 0.25) is 0 Å². The second kappa shape index (κ2) is 6.64. The molecule has 1 rings (SSSR count). The topological polar surface area (TPSA) is 21.3 Å². The Hall–Kier alpha value is -1.23. The summed E-state index contributed by atoms with van der Waals surface area (Å²) in [7, 11) is 0. The summed E-state index contributed by atoms with van der Waals surface area (Å²) in [6, 6.07) is 6.16. The Bertz CT molecular complexity index is 365. The lowest BCUT2D eigenvalue weighted by Crippen LogP contribution is -2.17. The summed E-state index contributed by atoms with van der Waals surface area (Å²) < 4.78 is 40.2. The average Bonchev–Trinajstić information content (AvgIpc) is 2.27. The van der Waals surface area contributed by atoms with Crippen LogP contribution in [0, 0.1) is 0 Å². The van der Waals surface area contributed by atoms with Gasteiger partial charge in [-0.25, -0.2) is 0 Å². The molecule has 0 radical (unpaired) electrons. The summed E-state index contributed by atoms with van der Waals surface area (Å²) in [4.78, 5) is 0. The largest absolute Gasteiger partial charge is 0.573 e. The summed E-state index contributed by atoms with van der Waals surface area (Å²) in [6.07, 6.45) is -3.76. The van der Waals surface area contributed by atoms with E-state index in [9.17, 15) is 13.2 Å². The fourth-order valence-corrected chi connectivity index (χ4v) is 1.68. The van der Waals surface area contributed by atoms with E-state index < -0.39 is 6.36 Å². The lowest BCUT2D eigenvalue weighted by Gasteiger charge is -2.14. The van der Waals surface area contributed by atoms with Gasteiger partial charge < -0.3 is 10.1 Å². The van der Waals surface area contributed by atoms with Crippen LogP contribution in [0.3, 0.4) is 0 Å². The van der Waals surface area contributed by atoms with Gasteiger partial charge in [-0.1, -0.05) is 26.0 Å². The van der Waals surface area contributed by atoms with Gasteiger partial charge in [0.1, 0.15) is 5.75 Å². The molecule has 1 unspecified atom stereocenters. The van der Waals surface area contributed by atoms with Crippen molar-refractivity contribution < 1.29 is 17.9 Å². The zero-order valence-electron chi connectivity index (χ0n) is 10.6. The summed E-state index contributed by atoms with van der Waals surface area (Å²) in [5.74, 6) is 0.0381. The Morgan fingerprint density at radius 1 is 1.33 bits per heavy atom. The number of nitrogens with one attached hydrogen (secondary N) is 1. The van der Waals surface area contributed by atoms with Crippen molar-refractivity contribution in [2.45, 2.75) is 32.5 Å². The molecule has 0 saturated heterocycles. The number of hydrogen-bond acceptors (Lipinski definition) is 2. The molecule has 0 aliphatic rings. The van der Waals surface area contributed by atoms with Gasteiger partial charge in [0, 0.05) is 0 Å². The van der Waals surface area contributed by atoms with Crippen molar-refractivity contribution >= 4 is 0 Å². The third kappa shape index (κ3) is 5.40. The molecule has 0 aliphatic carbocycles. The molecule has 1 atom stereocenters. The first-order valence-electron chi connectivity index (χ1n) is 5.99. The van der Waals surface area contributed by atoms with Gasteiger partial charge in [0.15, 0.2) is 0 Å². The highest BCUT2D eigenvalue weighted by Crippen LogP contribution is 2.27. The Morgan fingerprint density at radius 2 is 2.06 bits per heavy atom. The minimum absolute atomic E-state index is 0.157. The van der Waals surface area contributed by atoms with Gasteiger partial charge in [-0.05, 0) is 43.1 Å². The molecule has 0 aliphatic heterocycles. The molecule has 2 nitrogen and oxygen atoms in total. The van der Waals surface area contributed by atoms with Gasteiger partial charge in [0.2, 0.25) is 0 Å². The van der Waals surface area contributed by atoms with Crippen LogP contribution in [-0.4, -0.2) is 19.5 Å². The van der Waals surface area contributed by atoms with E-state index >= 15 is 0 Å². The number of ether oxygens (including phenoxy) is 1. The molecular weight excluding hydrogens is 243 g/mol. The maximum Gasteiger partial charge on any atom is 0.573 e. The average molecular weight is 261 g/mol. The maximum absolute atomic E-state index is 12.1. The van der Waals surface area contributed by atoms with Crippen LogP contribution in [0.25, 0.3) is 0 Å². The van der Waals surface area contributed by atoms with Gasteiger partial charge >= 0.3 is 6.36 Å². The standard InChI is InChI=1S/C13H18F3NO/c1-3-17-8-7-10(2)11-5-4-6-12(9-11)18-13(14,15)16/h4-6,9-10,17H,3,7-8H2,1-2H3. The highest BCUT2D eigenvalue weighted by molar-refractivity contribution is 5.30. The van der Waals surface area contributed by atoms with Gasteiger partial charge in [-0.2, -0.15) is 0 Å². The molecule has 18 heavy (non-hydrogen) atoms.